The van der Waals surface area contributed by atoms with Crippen LogP contribution in [0.1, 0.15) is 51.2 Å². The molecule has 1 fully saturated rings. The van der Waals surface area contributed by atoms with Crippen molar-refractivity contribution in [3.63, 3.8) is 0 Å². The zero-order valence-electron chi connectivity index (χ0n) is 12.6. The van der Waals surface area contributed by atoms with Crippen LogP contribution in [0.3, 0.4) is 0 Å². The first-order valence-corrected chi connectivity index (χ1v) is 7.84. The molecule has 1 aromatic carbocycles. The van der Waals surface area contributed by atoms with Crippen LogP contribution >= 0.6 is 12.6 Å². The van der Waals surface area contributed by atoms with Gasteiger partial charge in [0.05, 0.1) is 6.61 Å². The quantitative estimate of drug-likeness (QED) is 0.780. The number of aryl methyl sites for hydroxylation is 1. The summed E-state index contributed by atoms with van der Waals surface area (Å²) in [6, 6.07) is 6.55. The molecule has 0 radical (unpaired) electrons. The number of benzene rings is 1. The third-order valence-corrected chi connectivity index (χ3v) is 4.90. The minimum atomic E-state index is 0.122. The van der Waals surface area contributed by atoms with E-state index in [1.165, 1.54) is 30.4 Å². The molecule has 1 aromatic rings. The van der Waals surface area contributed by atoms with E-state index in [1.54, 1.807) is 0 Å². The van der Waals surface area contributed by atoms with Crippen LogP contribution in [-0.4, -0.2) is 12.4 Å². The maximum atomic E-state index is 6.19. The fraction of sp³-hybridized carbons (Fsp3) is 0.647. The van der Waals surface area contributed by atoms with Gasteiger partial charge in [-0.25, -0.2) is 0 Å². The summed E-state index contributed by atoms with van der Waals surface area (Å²) in [5.41, 5.74) is 3.00. The second-order valence-electron chi connectivity index (χ2n) is 7.05. The highest BCUT2D eigenvalue weighted by molar-refractivity contribution is 7.80. The minimum Gasteiger partial charge on any atom is -0.493 e. The van der Waals surface area contributed by atoms with E-state index in [0.29, 0.717) is 5.41 Å². The van der Waals surface area contributed by atoms with E-state index in [0.717, 1.165) is 18.1 Å². The first kappa shape index (κ1) is 14.8. The van der Waals surface area contributed by atoms with Gasteiger partial charge in [0.2, 0.25) is 0 Å². The highest BCUT2D eigenvalue weighted by Crippen LogP contribution is 2.43. The van der Waals surface area contributed by atoms with Crippen molar-refractivity contribution < 1.29 is 4.74 Å². The smallest absolute Gasteiger partial charge is 0.123 e. The number of thiol groups is 1. The number of ether oxygens (including phenoxy) is 1. The predicted octanol–water partition coefficient (Wildman–Crippen LogP) is 4.77. The van der Waals surface area contributed by atoms with Crippen LogP contribution in [-0.2, 0) is 5.41 Å². The molecule has 0 aliphatic heterocycles. The van der Waals surface area contributed by atoms with Crippen molar-refractivity contribution in [1.82, 2.24) is 0 Å². The second kappa shape index (κ2) is 5.40. The van der Waals surface area contributed by atoms with Crippen LogP contribution in [0, 0.1) is 12.3 Å². The summed E-state index contributed by atoms with van der Waals surface area (Å²) in [4.78, 5) is 0. The van der Waals surface area contributed by atoms with Gasteiger partial charge in [-0.3, -0.25) is 0 Å². The van der Waals surface area contributed by atoms with Crippen LogP contribution < -0.4 is 4.74 Å². The standard InChI is InChI=1S/C17H26OS/c1-13-6-7-14(16(2,3)4)15(10-13)18-11-17(12-19)8-5-9-17/h6-7,10,19H,5,8-9,11-12H2,1-4H3. The molecule has 2 heteroatoms. The topological polar surface area (TPSA) is 9.23 Å². The molecule has 1 aliphatic carbocycles. The SMILES string of the molecule is Cc1ccc(C(C)(C)C)c(OCC2(CS)CCC2)c1. The van der Waals surface area contributed by atoms with Gasteiger partial charge in [0.15, 0.2) is 0 Å². The van der Waals surface area contributed by atoms with Gasteiger partial charge in [0.25, 0.3) is 0 Å². The van der Waals surface area contributed by atoms with Crippen LogP contribution in [0.2, 0.25) is 0 Å². The Morgan fingerprint density at radius 1 is 1.26 bits per heavy atom. The van der Waals surface area contributed by atoms with Crippen molar-refractivity contribution in [3.05, 3.63) is 29.3 Å². The van der Waals surface area contributed by atoms with Crippen molar-refractivity contribution in [2.75, 3.05) is 12.4 Å². The van der Waals surface area contributed by atoms with Gasteiger partial charge >= 0.3 is 0 Å². The molecule has 1 aliphatic rings. The lowest BCUT2D eigenvalue weighted by Crippen LogP contribution is -2.37. The van der Waals surface area contributed by atoms with Gasteiger partial charge in [-0.1, -0.05) is 39.3 Å². The minimum absolute atomic E-state index is 0.122. The average Bonchev–Trinajstić information content (AvgIpc) is 2.26. The van der Waals surface area contributed by atoms with E-state index in [9.17, 15) is 0 Å². The van der Waals surface area contributed by atoms with Gasteiger partial charge in [-0.05, 0) is 48.1 Å². The third-order valence-electron chi connectivity index (χ3n) is 4.23. The summed E-state index contributed by atoms with van der Waals surface area (Å²) < 4.78 is 6.19. The van der Waals surface area contributed by atoms with E-state index >= 15 is 0 Å². The van der Waals surface area contributed by atoms with Crippen molar-refractivity contribution in [1.29, 1.82) is 0 Å². The molecule has 0 saturated heterocycles. The average molecular weight is 278 g/mol. The van der Waals surface area contributed by atoms with Crippen LogP contribution in [0.4, 0.5) is 0 Å². The Hall–Kier alpha value is -0.630. The van der Waals surface area contributed by atoms with Gasteiger partial charge in [-0.2, -0.15) is 12.6 Å². The second-order valence-corrected chi connectivity index (χ2v) is 7.37. The first-order valence-electron chi connectivity index (χ1n) is 7.21. The number of hydrogen-bond donors (Lipinski definition) is 1. The molecule has 0 aromatic heterocycles. The number of hydrogen-bond acceptors (Lipinski definition) is 2. The molecule has 0 unspecified atom stereocenters. The summed E-state index contributed by atoms with van der Waals surface area (Å²) in [5.74, 6) is 1.99. The highest BCUT2D eigenvalue weighted by atomic mass is 32.1. The largest absolute Gasteiger partial charge is 0.493 e. The van der Waals surface area contributed by atoms with E-state index < -0.39 is 0 Å². The van der Waals surface area contributed by atoms with Gasteiger partial charge < -0.3 is 4.74 Å². The lowest BCUT2D eigenvalue weighted by atomic mass is 9.71. The first-order chi connectivity index (χ1) is 8.86. The Labute approximate surface area is 123 Å². The van der Waals surface area contributed by atoms with Crippen molar-refractivity contribution in [2.45, 2.75) is 52.4 Å². The lowest BCUT2D eigenvalue weighted by Gasteiger charge is -2.40. The fourth-order valence-corrected chi connectivity index (χ4v) is 3.03. The normalized spacial score (nSPS) is 17.9. The Morgan fingerprint density at radius 2 is 1.95 bits per heavy atom. The molecule has 106 valence electrons. The maximum Gasteiger partial charge on any atom is 0.123 e. The molecule has 0 atom stereocenters. The van der Waals surface area contributed by atoms with Gasteiger partial charge in [0, 0.05) is 5.41 Å². The van der Waals surface area contributed by atoms with E-state index in [-0.39, 0.29) is 5.41 Å². The van der Waals surface area contributed by atoms with E-state index in [4.69, 9.17) is 4.74 Å². The zero-order valence-corrected chi connectivity index (χ0v) is 13.5. The zero-order chi connectivity index (χ0) is 14.1. The maximum absolute atomic E-state index is 6.19. The summed E-state index contributed by atoms with van der Waals surface area (Å²) >= 11 is 4.50. The highest BCUT2D eigenvalue weighted by Gasteiger charge is 2.36. The lowest BCUT2D eigenvalue weighted by molar-refractivity contribution is 0.0818. The Bertz CT molecular complexity index is 436. The monoisotopic (exact) mass is 278 g/mol. The molecule has 0 heterocycles. The van der Waals surface area contributed by atoms with E-state index in [2.05, 4.69) is 58.5 Å². The summed E-state index contributed by atoms with van der Waals surface area (Å²) in [5, 5.41) is 0. The third kappa shape index (κ3) is 3.28. The molecule has 19 heavy (non-hydrogen) atoms. The van der Waals surface area contributed by atoms with E-state index in [1.807, 2.05) is 0 Å². The molecule has 0 bridgehead atoms. The Balaban J connectivity index is 2.17. The molecular weight excluding hydrogens is 252 g/mol. The molecule has 0 N–H and O–H groups in total. The molecule has 1 nitrogen and oxygen atoms in total. The summed E-state index contributed by atoms with van der Waals surface area (Å²) in [7, 11) is 0. The van der Waals surface area contributed by atoms with Crippen LogP contribution in [0.25, 0.3) is 0 Å². The van der Waals surface area contributed by atoms with Gasteiger partial charge in [-0.15, -0.1) is 0 Å². The Morgan fingerprint density at radius 3 is 2.42 bits per heavy atom. The molecular formula is C17H26OS. The summed E-state index contributed by atoms with van der Waals surface area (Å²) in [6.07, 6.45) is 3.84. The summed E-state index contributed by atoms with van der Waals surface area (Å²) in [6.45, 7) is 9.65. The molecule has 1 saturated carbocycles. The van der Waals surface area contributed by atoms with Crippen molar-refractivity contribution in [2.24, 2.45) is 5.41 Å². The van der Waals surface area contributed by atoms with Gasteiger partial charge in [0.1, 0.15) is 5.75 Å². The number of rotatable bonds is 4. The Kier molecular flexibility index (Phi) is 4.20. The molecule has 2 rings (SSSR count). The van der Waals surface area contributed by atoms with Crippen molar-refractivity contribution in [3.8, 4) is 5.75 Å². The van der Waals surface area contributed by atoms with Crippen molar-refractivity contribution >= 4 is 12.6 Å². The molecule has 0 amide bonds. The van der Waals surface area contributed by atoms with Crippen LogP contribution in [0.5, 0.6) is 5.75 Å². The van der Waals surface area contributed by atoms with Crippen LogP contribution in [0.15, 0.2) is 18.2 Å². The fourth-order valence-electron chi connectivity index (χ4n) is 2.62. The molecule has 0 spiro atoms. The predicted molar refractivity (Wildman–Crippen MR) is 85.5 cm³/mol.